The molecule has 0 saturated carbocycles. The van der Waals surface area contributed by atoms with Crippen LogP contribution in [0, 0.1) is 6.92 Å². The highest BCUT2D eigenvalue weighted by molar-refractivity contribution is 6.33. The molecule has 1 aliphatic heterocycles. The highest BCUT2D eigenvalue weighted by atomic mass is 35.5. The van der Waals surface area contributed by atoms with Crippen molar-refractivity contribution >= 4 is 28.9 Å². The first-order valence-corrected chi connectivity index (χ1v) is 5.34. The second-order valence-corrected chi connectivity index (χ2v) is 4.31. The van der Waals surface area contributed by atoms with E-state index in [-0.39, 0.29) is 5.91 Å². The number of ether oxygens (including phenoxy) is 1. The number of hydrogen-bond donors (Lipinski definition) is 1. The van der Waals surface area contributed by atoms with Crippen molar-refractivity contribution in [2.75, 3.05) is 17.7 Å². The monoisotopic (exact) mass is 240 g/mol. The third-order valence-electron chi connectivity index (χ3n) is 2.81. The van der Waals surface area contributed by atoms with Gasteiger partial charge in [0.05, 0.1) is 10.7 Å². The molecule has 1 heterocycles. The second-order valence-electron chi connectivity index (χ2n) is 3.91. The minimum atomic E-state index is -0.516. The van der Waals surface area contributed by atoms with E-state index in [1.807, 2.05) is 6.92 Å². The summed E-state index contributed by atoms with van der Waals surface area (Å²) in [4.78, 5) is 13.3. The summed E-state index contributed by atoms with van der Waals surface area (Å²) in [6.07, 6.45) is -0.516. The molecule has 1 aliphatic rings. The molecule has 1 unspecified atom stereocenters. The lowest BCUT2D eigenvalue weighted by molar-refractivity contribution is -0.125. The molecule has 86 valence electrons. The lowest BCUT2D eigenvalue weighted by atomic mass is 10.1. The molecule has 0 bridgehead atoms. The maximum atomic E-state index is 11.8. The largest absolute Gasteiger partial charge is 0.477 e. The molecule has 0 aromatic heterocycles. The van der Waals surface area contributed by atoms with Gasteiger partial charge >= 0.3 is 0 Å². The predicted molar refractivity (Wildman–Crippen MR) is 64.1 cm³/mol. The van der Waals surface area contributed by atoms with Crippen LogP contribution in [-0.2, 0) is 4.79 Å². The van der Waals surface area contributed by atoms with Crippen LogP contribution in [-0.4, -0.2) is 19.1 Å². The third kappa shape index (κ3) is 1.41. The zero-order valence-electron chi connectivity index (χ0n) is 9.37. The molecule has 4 nitrogen and oxygen atoms in total. The maximum absolute atomic E-state index is 11.8. The van der Waals surface area contributed by atoms with Crippen LogP contribution in [0.1, 0.15) is 12.5 Å². The molecule has 1 aromatic carbocycles. The Labute approximate surface area is 98.9 Å². The van der Waals surface area contributed by atoms with Gasteiger partial charge in [0.1, 0.15) is 0 Å². The number of amides is 1. The summed E-state index contributed by atoms with van der Waals surface area (Å²) in [5.74, 6) is 0.431. The van der Waals surface area contributed by atoms with Crippen LogP contribution >= 0.6 is 11.6 Å². The molecule has 0 radical (unpaired) electrons. The average molecular weight is 241 g/mol. The number of carbonyl (C=O) groups is 1. The van der Waals surface area contributed by atoms with Gasteiger partial charge in [-0.1, -0.05) is 11.6 Å². The Kier molecular flexibility index (Phi) is 2.46. The topological polar surface area (TPSA) is 55.6 Å². The fraction of sp³-hybridized carbons (Fsp3) is 0.364. The molecule has 5 heteroatoms. The van der Waals surface area contributed by atoms with E-state index in [9.17, 15) is 4.79 Å². The molecule has 2 rings (SSSR count). The van der Waals surface area contributed by atoms with E-state index in [1.54, 1.807) is 24.9 Å². The number of nitrogen functional groups attached to an aromatic ring is 1. The smallest absolute Gasteiger partial charge is 0.267 e. The molecule has 1 atom stereocenters. The molecule has 16 heavy (non-hydrogen) atoms. The van der Waals surface area contributed by atoms with Gasteiger partial charge in [0, 0.05) is 12.7 Å². The molecular weight excluding hydrogens is 228 g/mol. The van der Waals surface area contributed by atoms with Crippen molar-refractivity contribution in [1.82, 2.24) is 0 Å². The number of halogens is 1. The second kappa shape index (κ2) is 3.56. The molecule has 0 spiro atoms. The third-order valence-corrected chi connectivity index (χ3v) is 3.09. The summed E-state index contributed by atoms with van der Waals surface area (Å²) in [5.41, 5.74) is 7.83. The number of likely N-dealkylation sites (N-methyl/N-ethyl adjacent to an activating group) is 1. The van der Waals surface area contributed by atoms with E-state index in [2.05, 4.69) is 0 Å². The minimum absolute atomic E-state index is 0.0998. The fourth-order valence-electron chi connectivity index (χ4n) is 1.86. The molecule has 2 N–H and O–H groups in total. The van der Waals surface area contributed by atoms with Crippen LogP contribution in [0.2, 0.25) is 5.02 Å². The summed E-state index contributed by atoms with van der Waals surface area (Å²) in [6.45, 7) is 3.54. The first-order valence-electron chi connectivity index (χ1n) is 4.96. The van der Waals surface area contributed by atoms with Gasteiger partial charge in [0.25, 0.3) is 5.91 Å². The van der Waals surface area contributed by atoms with E-state index in [1.165, 1.54) is 0 Å². The predicted octanol–water partition coefficient (Wildman–Crippen LogP) is 1.97. The van der Waals surface area contributed by atoms with Gasteiger partial charge in [-0.15, -0.1) is 0 Å². The first kappa shape index (κ1) is 11.1. The summed E-state index contributed by atoms with van der Waals surface area (Å²) >= 11 is 6.05. The van der Waals surface area contributed by atoms with Crippen molar-refractivity contribution in [3.8, 4) is 5.75 Å². The quantitative estimate of drug-likeness (QED) is 0.706. The Morgan fingerprint density at radius 2 is 2.19 bits per heavy atom. The highest BCUT2D eigenvalue weighted by Gasteiger charge is 2.32. The summed E-state index contributed by atoms with van der Waals surface area (Å²) in [6, 6.07) is 1.64. The Balaban J connectivity index is 2.70. The minimum Gasteiger partial charge on any atom is -0.477 e. The average Bonchev–Trinajstić information content (AvgIpc) is 2.22. The Morgan fingerprint density at radius 3 is 2.81 bits per heavy atom. The lowest BCUT2D eigenvalue weighted by Crippen LogP contribution is -2.42. The van der Waals surface area contributed by atoms with E-state index >= 15 is 0 Å². The number of fused-ring (bicyclic) bond motifs is 1. The SMILES string of the molecule is Cc1c(N)cc(Cl)c2c1N(C)C(=O)C(C)O2. The van der Waals surface area contributed by atoms with Crippen LogP contribution in [0.3, 0.4) is 0 Å². The number of nitrogens with two attached hydrogens (primary N) is 1. The Hall–Kier alpha value is -1.42. The van der Waals surface area contributed by atoms with Crippen molar-refractivity contribution in [3.05, 3.63) is 16.7 Å². The molecule has 0 saturated heterocycles. The number of rotatable bonds is 0. The van der Waals surface area contributed by atoms with Crippen molar-refractivity contribution in [2.24, 2.45) is 0 Å². The standard InChI is InChI=1S/C11H13ClN2O2/c1-5-8(13)4-7(12)10-9(5)14(3)11(15)6(2)16-10/h4,6H,13H2,1-3H3. The number of nitrogens with zero attached hydrogens (tertiary/aromatic N) is 1. The lowest BCUT2D eigenvalue weighted by Gasteiger charge is -2.32. The Morgan fingerprint density at radius 1 is 1.56 bits per heavy atom. The summed E-state index contributed by atoms with van der Waals surface area (Å²) in [5, 5.41) is 0.435. The van der Waals surface area contributed by atoms with Gasteiger partial charge in [-0.2, -0.15) is 0 Å². The van der Waals surface area contributed by atoms with Crippen LogP contribution < -0.4 is 15.4 Å². The maximum Gasteiger partial charge on any atom is 0.267 e. The zero-order chi connectivity index (χ0) is 12.0. The van der Waals surface area contributed by atoms with Gasteiger partial charge in [0.2, 0.25) is 0 Å². The molecule has 0 fully saturated rings. The summed E-state index contributed by atoms with van der Waals surface area (Å²) in [7, 11) is 1.70. The van der Waals surface area contributed by atoms with Crippen LogP contribution in [0.5, 0.6) is 5.75 Å². The van der Waals surface area contributed by atoms with Gasteiger partial charge in [0.15, 0.2) is 11.9 Å². The van der Waals surface area contributed by atoms with E-state index in [4.69, 9.17) is 22.1 Å². The number of carbonyl (C=O) groups excluding carboxylic acids is 1. The summed E-state index contributed by atoms with van der Waals surface area (Å²) < 4.78 is 5.50. The van der Waals surface area contributed by atoms with Crippen LogP contribution in [0.25, 0.3) is 0 Å². The highest BCUT2D eigenvalue weighted by Crippen LogP contribution is 2.44. The molecular formula is C11H13ClN2O2. The number of hydrogen-bond acceptors (Lipinski definition) is 3. The number of anilines is 2. The van der Waals surface area contributed by atoms with Crippen molar-refractivity contribution in [2.45, 2.75) is 20.0 Å². The molecule has 0 aliphatic carbocycles. The van der Waals surface area contributed by atoms with E-state index in [0.29, 0.717) is 22.1 Å². The van der Waals surface area contributed by atoms with E-state index in [0.717, 1.165) is 5.56 Å². The molecule has 1 amide bonds. The van der Waals surface area contributed by atoms with Gasteiger partial charge in [-0.25, -0.2) is 0 Å². The fourth-order valence-corrected chi connectivity index (χ4v) is 2.11. The van der Waals surface area contributed by atoms with E-state index < -0.39 is 6.10 Å². The van der Waals surface area contributed by atoms with Crippen molar-refractivity contribution < 1.29 is 9.53 Å². The normalized spacial score (nSPS) is 19.4. The van der Waals surface area contributed by atoms with Crippen LogP contribution in [0.4, 0.5) is 11.4 Å². The Bertz CT molecular complexity index is 474. The zero-order valence-corrected chi connectivity index (χ0v) is 10.1. The first-order chi connectivity index (χ1) is 7.43. The van der Waals surface area contributed by atoms with Crippen molar-refractivity contribution in [3.63, 3.8) is 0 Å². The van der Waals surface area contributed by atoms with Gasteiger partial charge in [-0.3, -0.25) is 4.79 Å². The van der Waals surface area contributed by atoms with Crippen LogP contribution in [0.15, 0.2) is 6.07 Å². The van der Waals surface area contributed by atoms with Gasteiger partial charge in [-0.05, 0) is 25.5 Å². The van der Waals surface area contributed by atoms with Gasteiger partial charge < -0.3 is 15.4 Å². The van der Waals surface area contributed by atoms with Crippen molar-refractivity contribution in [1.29, 1.82) is 0 Å². The molecule has 1 aromatic rings. The number of benzene rings is 1.